The SMILES string of the molecule is NC(=O)[C@@H]1CCCN1C(=O)[C@@H]1Cc2ccc(O)cc2CN1C(=O)O. The molecule has 3 amide bonds. The second-order valence-corrected chi connectivity index (χ2v) is 6.18. The van der Waals surface area contributed by atoms with Crippen molar-refractivity contribution in [3.63, 3.8) is 0 Å². The maximum Gasteiger partial charge on any atom is 0.408 e. The fourth-order valence-electron chi connectivity index (χ4n) is 3.51. The predicted molar refractivity (Wildman–Crippen MR) is 83.1 cm³/mol. The van der Waals surface area contributed by atoms with Crippen LogP contribution in [0, 0.1) is 0 Å². The molecule has 8 nitrogen and oxygen atoms in total. The maximum atomic E-state index is 12.9. The Morgan fingerprint density at radius 2 is 1.88 bits per heavy atom. The van der Waals surface area contributed by atoms with Gasteiger partial charge in [-0.2, -0.15) is 0 Å². The fourth-order valence-corrected chi connectivity index (χ4v) is 3.51. The van der Waals surface area contributed by atoms with Crippen molar-refractivity contribution in [2.75, 3.05) is 6.54 Å². The van der Waals surface area contributed by atoms with Gasteiger partial charge in [0.25, 0.3) is 0 Å². The number of fused-ring (bicyclic) bond motifs is 1. The lowest BCUT2D eigenvalue weighted by Crippen LogP contribution is -2.56. The van der Waals surface area contributed by atoms with Crippen molar-refractivity contribution in [3.05, 3.63) is 29.3 Å². The van der Waals surface area contributed by atoms with Crippen LogP contribution in [0.3, 0.4) is 0 Å². The van der Waals surface area contributed by atoms with E-state index in [1.165, 1.54) is 17.0 Å². The number of aromatic hydroxyl groups is 1. The Hall–Kier alpha value is -2.77. The highest BCUT2D eigenvalue weighted by molar-refractivity contribution is 5.91. The molecular weight excluding hydrogens is 314 g/mol. The standard InChI is InChI=1S/C16H19N3O5/c17-14(21)12-2-1-5-18(12)15(22)13-7-9-3-4-11(20)6-10(9)8-19(13)16(23)24/h3-4,6,12-13,20H,1-2,5,7-8H2,(H2,17,21)(H,23,24)/t12-,13-/m0/s1. The smallest absolute Gasteiger partial charge is 0.408 e. The van der Waals surface area contributed by atoms with Crippen LogP contribution in [0.5, 0.6) is 5.75 Å². The first-order valence-electron chi connectivity index (χ1n) is 7.78. The number of primary amides is 1. The summed E-state index contributed by atoms with van der Waals surface area (Å²) >= 11 is 0. The van der Waals surface area contributed by atoms with Gasteiger partial charge in [0.05, 0.1) is 6.54 Å². The molecule has 0 aromatic heterocycles. The lowest BCUT2D eigenvalue weighted by atomic mass is 9.93. The Morgan fingerprint density at radius 3 is 2.54 bits per heavy atom. The molecule has 8 heteroatoms. The average Bonchev–Trinajstić information content (AvgIpc) is 3.02. The molecule has 1 aromatic rings. The first kappa shape index (κ1) is 16.1. The molecule has 1 aromatic carbocycles. The minimum Gasteiger partial charge on any atom is -0.508 e. The zero-order valence-corrected chi connectivity index (χ0v) is 13.0. The van der Waals surface area contributed by atoms with E-state index in [4.69, 9.17) is 5.73 Å². The summed E-state index contributed by atoms with van der Waals surface area (Å²) in [6, 6.07) is 3.15. The van der Waals surface area contributed by atoms with Gasteiger partial charge in [-0.25, -0.2) is 4.79 Å². The largest absolute Gasteiger partial charge is 0.508 e. The van der Waals surface area contributed by atoms with Crippen molar-refractivity contribution in [2.45, 2.75) is 37.9 Å². The zero-order chi connectivity index (χ0) is 17.4. The van der Waals surface area contributed by atoms with Crippen LogP contribution in [0.2, 0.25) is 0 Å². The molecule has 2 aliphatic rings. The molecule has 2 heterocycles. The van der Waals surface area contributed by atoms with E-state index >= 15 is 0 Å². The number of phenolic OH excluding ortho intramolecular Hbond substituents is 1. The monoisotopic (exact) mass is 333 g/mol. The Morgan fingerprint density at radius 1 is 1.12 bits per heavy atom. The summed E-state index contributed by atoms with van der Waals surface area (Å²) in [5, 5.41) is 19.0. The van der Waals surface area contributed by atoms with E-state index in [1.54, 1.807) is 6.07 Å². The Kier molecular flexibility index (Phi) is 4.04. The van der Waals surface area contributed by atoms with Gasteiger partial charge >= 0.3 is 6.09 Å². The van der Waals surface area contributed by atoms with Crippen LogP contribution in [-0.4, -0.2) is 56.5 Å². The number of likely N-dealkylation sites (tertiary alicyclic amines) is 1. The molecule has 1 fully saturated rings. The topological polar surface area (TPSA) is 124 Å². The number of amides is 3. The molecule has 4 N–H and O–H groups in total. The number of rotatable bonds is 2. The number of nitrogens with two attached hydrogens (primary N) is 1. The van der Waals surface area contributed by atoms with Crippen molar-refractivity contribution in [3.8, 4) is 5.75 Å². The highest BCUT2D eigenvalue weighted by Crippen LogP contribution is 2.29. The number of phenols is 1. The van der Waals surface area contributed by atoms with Gasteiger partial charge in [-0.05, 0) is 36.1 Å². The van der Waals surface area contributed by atoms with Crippen molar-refractivity contribution < 1.29 is 24.6 Å². The Bertz CT molecular complexity index is 705. The summed E-state index contributed by atoms with van der Waals surface area (Å²) in [6.45, 7) is 0.420. The molecular formula is C16H19N3O5. The fraction of sp³-hybridized carbons (Fsp3) is 0.438. The van der Waals surface area contributed by atoms with E-state index in [2.05, 4.69) is 0 Å². The van der Waals surface area contributed by atoms with Crippen molar-refractivity contribution >= 4 is 17.9 Å². The molecule has 0 bridgehead atoms. The number of hydrogen-bond acceptors (Lipinski definition) is 4. The second-order valence-electron chi connectivity index (χ2n) is 6.18. The lowest BCUT2D eigenvalue weighted by Gasteiger charge is -2.37. The summed E-state index contributed by atoms with van der Waals surface area (Å²) in [6.07, 6.45) is 0.176. The number of carbonyl (C=O) groups excluding carboxylic acids is 2. The van der Waals surface area contributed by atoms with Crippen LogP contribution in [0.25, 0.3) is 0 Å². The second kappa shape index (κ2) is 6.03. The minimum atomic E-state index is -1.21. The third-order valence-corrected chi connectivity index (χ3v) is 4.72. The van der Waals surface area contributed by atoms with Gasteiger partial charge in [0.15, 0.2) is 0 Å². The molecule has 0 aliphatic carbocycles. The highest BCUT2D eigenvalue weighted by atomic mass is 16.4. The summed E-state index contributed by atoms with van der Waals surface area (Å²) in [4.78, 5) is 38.4. The predicted octanol–water partition coefficient (Wildman–Crippen LogP) is 0.273. The van der Waals surface area contributed by atoms with Crippen LogP contribution in [0.4, 0.5) is 4.79 Å². The van der Waals surface area contributed by atoms with Gasteiger partial charge in [-0.1, -0.05) is 6.07 Å². The first-order valence-corrected chi connectivity index (χ1v) is 7.78. The van der Waals surface area contributed by atoms with Crippen LogP contribution in [0.1, 0.15) is 24.0 Å². The van der Waals surface area contributed by atoms with Gasteiger partial charge in [0.1, 0.15) is 17.8 Å². The Labute approximate surface area is 138 Å². The summed E-state index contributed by atoms with van der Waals surface area (Å²) in [5.74, 6) is -0.904. The summed E-state index contributed by atoms with van der Waals surface area (Å²) in [7, 11) is 0. The van der Waals surface area contributed by atoms with Crippen LogP contribution < -0.4 is 5.73 Å². The number of carboxylic acid groups (broad SMARTS) is 1. The van der Waals surface area contributed by atoms with E-state index in [0.717, 1.165) is 10.5 Å². The molecule has 0 radical (unpaired) electrons. The number of hydrogen-bond donors (Lipinski definition) is 3. The van der Waals surface area contributed by atoms with Crippen molar-refractivity contribution in [2.24, 2.45) is 5.73 Å². The van der Waals surface area contributed by atoms with Crippen LogP contribution >= 0.6 is 0 Å². The normalized spacial score (nSPS) is 23.0. The van der Waals surface area contributed by atoms with E-state index in [0.29, 0.717) is 24.9 Å². The van der Waals surface area contributed by atoms with Crippen LogP contribution in [0.15, 0.2) is 18.2 Å². The van der Waals surface area contributed by atoms with Gasteiger partial charge in [0.2, 0.25) is 11.8 Å². The third-order valence-electron chi connectivity index (χ3n) is 4.72. The number of nitrogens with zero attached hydrogens (tertiary/aromatic N) is 2. The molecule has 1 saturated heterocycles. The van der Waals surface area contributed by atoms with Gasteiger partial charge < -0.3 is 20.8 Å². The van der Waals surface area contributed by atoms with Crippen molar-refractivity contribution in [1.29, 1.82) is 0 Å². The average molecular weight is 333 g/mol. The number of carbonyl (C=O) groups is 3. The lowest BCUT2D eigenvalue weighted by molar-refractivity contribution is -0.141. The Balaban J connectivity index is 1.90. The van der Waals surface area contributed by atoms with Gasteiger partial charge in [0, 0.05) is 13.0 Å². The molecule has 24 heavy (non-hydrogen) atoms. The third kappa shape index (κ3) is 2.75. The van der Waals surface area contributed by atoms with E-state index in [1.807, 2.05) is 0 Å². The van der Waals surface area contributed by atoms with E-state index in [-0.39, 0.29) is 18.7 Å². The molecule has 0 saturated carbocycles. The summed E-state index contributed by atoms with van der Waals surface area (Å²) in [5.41, 5.74) is 6.85. The van der Waals surface area contributed by atoms with Gasteiger partial charge in [-0.15, -0.1) is 0 Å². The molecule has 2 aliphatic heterocycles. The molecule has 128 valence electrons. The quantitative estimate of drug-likeness (QED) is 0.717. The van der Waals surface area contributed by atoms with Crippen molar-refractivity contribution in [1.82, 2.24) is 9.80 Å². The van der Waals surface area contributed by atoms with Gasteiger partial charge in [-0.3, -0.25) is 14.5 Å². The van der Waals surface area contributed by atoms with E-state index in [9.17, 15) is 24.6 Å². The molecule has 2 atom stereocenters. The summed E-state index contributed by atoms with van der Waals surface area (Å²) < 4.78 is 0. The highest BCUT2D eigenvalue weighted by Gasteiger charge is 2.41. The minimum absolute atomic E-state index is 0.0184. The zero-order valence-electron chi connectivity index (χ0n) is 13.0. The maximum absolute atomic E-state index is 12.9. The molecule has 0 spiro atoms. The molecule has 0 unspecified atom stereocenters. The number of benzene rings is 1. The van der Waals surface area contributed by atoms with E-state index < -0.39 is 30.0 Å². The first-order chi connectivity index (χ1) is 11.4. The van der Waals surface area contributed by atoms with Crippen LogP contribution in [-0.2, 0) is 22.6 Å². The molecule has 3 rings (SSSR count).